The first-order valence-corrected chi connectivity index (χ1v) is 10.0. The molecule has 0 fully saturated rings. The number of hydrogen-bond donors (Lipinski definition) is 1. The Kier molecular flexibility index (Phi) is 2.89. The van der Waals surface area contributed by atoms with Gasteiger partial charge in [-0.1, -0.05) is 42.5 Å². The van der Waals surface area contributed by atoms with Crippen LogP contribution >= 0.6 is 0 Å². The van der Waals surface area contributed by atoms with Gasteiger partial charge in [-0.15, -0.1) is 0 Å². The molecule has 2 aliphatic rings. The van der Waals surface area contributed by atoms with Crippen molar-refractivity contribution in [2.75, 3.05) is 0 Å². The first-order valence-electron chi connectivity index (χ1n) is 10.0. The summed E-state index contributed by atoms with van der Waals surface area (Å²) in [6, 6.07) is 18.3. The molecular formula is C27H13NO3. The summed E-state index contributed by atoms with van der Waals surface area (Å²) < 4.78 is 0. The van der Waals surface area contributed by atoms with Crippen molar-refractivity contribution in [1.29, 1.82) is 0 Å². The SMILES string of the molecule is O=c1c2cccc3c2-c2c4c(cccc14)c(O)c1cc(-c4cccnc4)cc(c3=O)c21. The molecule has 1 N–H and O–H groups in total. The van der Waals surface area contributed by atoms with Crippen molar-refractivity contribution >= 4 is 43.1 Å². The van der Waals surface area contributed by atoms with Crippen LogP contribution in [0.25, 0.3) is 65.3 Å². The molecule has 5 aromatic rings. The Morgan fingerprint density at radius 1 is 0.613 bits per heavy atom. The molecule has 1 heterocycles. The zero-order valence-electron chi connectivity index (χ0n) is 16.1. The van der Waals surface area contributed by atoms with Crippen LogP contribution in [0.3, 0.4) is 0 Å². The smallest absolute Gasteiger partial charge is 0.194 e. The van der Waals surface area contributed by atoms with Gasteiger partial charge < -0.3 is 5.11 Å². The van der Waals surface area contributed by atoms with E-state index in [1.54, 1.807) is 42.7 Å². The van der Waals surface area contributed by atoms with E-state index >= 15 is 0 Å². The van der Waals surface area contributed by atoms with Crippen LogP contribution in [0.2, 0.25) is 0 Å². The summed E-state index contributed by atoms with van der Waals surface area (Å²) in [4.78, 5) is 31.1. The van der Waals surface area contributed by atoms with Gasteiger partial charge in [0.25, 0.3) is 0 Å². The van der Waals surface area contributed by atoms with Crippen LogP contribution in [0.4, 0.5) is 0 Å². The molecular weight excluding hydrogens is 386 g/mol. The Morgan fingerprint density at radius 2 is 1.26 bits per heavy atom. The highest BCUT2D eigenvalue weighted by Crippen LogP contribution is 2.49. The molecule has 0 atom stereocenters. The van der Waals surface area contributed by atoms with Gasteiger partial charge in [-0.2, -0.15) is 0 Å². The molecule has 0 saturated carbocycles. The number of phenols is 1. The Balaban J connectivity index is 1.88. The third kappa shape index (κ3) is 1.87. The van der Waals surface area contributed by atoms with Gasteiger partial charge in [0.2, 0.25) is 0 Å². The average Bonchev–Trinajstić information content (AvgIpc) is 2.82. The monoisotopic (exact) mass is 399 g/mol. The van der Waals surface area contributed by atoms with Gasteiger partial charge in [-0.25, -0.2) is 0 Å². The Morgan fingerprint density at radius 3 is 2.00 bits per heavy atom. The standard InChI is InChI=1S/C27H13NO3/c29-25-15-5-1-7-17-21(15)24-22-16(25)6-2-8-18(22)27(31)20-11-14(13-4-3-9-28-12-13)10-19(23(20)24)26(17)30/h1-12,30H. The largest absolute Gasteiger partial charge is 0.507 e. The van der Waals surface area contributed by atoms with Gasteiger partial charge in [-0.05, 0) is 23.8 Å². The lowest BCUT2D eigenvalue weighted by Gasteiger charge is -2.22. The van der Waals surface area contributed by atoms with E-state index in [4.69, 9.17) is 0 Å². The Hall–Kier alpha value is -4.31. The van der Waals surface area contributed by atoms with Crippen molar-refractivity contribution in [3.05, 3.63) is 93.5 Å². The number of aromatic nitrogens is 1. The van der Waals surface area contributed by atoms with Gasteiger partial charge in [-0.3, -0.25) is 14.6 Å². The molecule has 0 bridgehead atoms. The predicted octanol–water partition coefficient (Wildman–Crippen LogP) is 5.21. The highest BCUT2D eigenvalue weighted by Gasteiger charge is 2.27. The van der Waals surface area contributed by atoms with Crippen molar-refractivity contribution < 1.29 is 5.11 Å². The summed E-state index contributed by atoms with van der Waals surface area (Å²) >= 11 is 0. The van der Waals surface area contributed by atoms with Crippen molar-refractivity contribution in [2.24, 2.45) is 0 Å². The lowest BCUT2D eigenvalue weighted by atomic mass is 9.80. The predicted molar refractivity (Wildman–Crippen MR) is 124 cm³/mol. The molecule has 1 aromatic heterocycles. The van der Waals surface area contributed by atoms with Crippen LogP contribution in [0.1, 0.15) is 0 Å². The van der Waals surface area contributed by atoms with Crippen molar-refractivity contribution in [3.63, 3.8) is 0 Å². The minimum absolute atomic E-state index is 0.0889. The molecule has 0 radical (unpaired) electrons. The zero-order chi connectivity index (χ0) is 20.9. The van der Waals surface area contributed by atoms with E-state index in [1.165, 1.54) is 0 Å². The molecule has 0 unspecified atom stereocenters. The molecule has 144 valence electrons. The lowest BCUT2D eigenvalue weighted by Crippen LogP contribution is -2.13. The molecule has 4 nitrogen and oxygen atoms in total. The number of hydrogen-bond acceptors (Lipinski definition) is 4. The highest BCUT2D eigenvalue weighted by molar-refractivity contribution is 6.32. The maximum Gasteiger partial charge on any atom is 0.194 e. The molecule has 0 spiro atoms. The molecule has 31 heavy (non-hydrogen) atoms. The summed E-state index contributed by atoms with van der Waals surface area (Å²) in [6.45, 7) is 0. The van der Waals surface area contributed by atoms with Gasteiger partial charge in [0.1, 0.15) is 5.75 Å². The highest BCUT2D eigenvalue weighted by atomic mass is 16.3. The number of rotatable bonds is 1. The summed E-state index contributed by atoms with van der Waals surface area (Å²) in [7, 11) is 0. The van der Waals surface area contributed by atoms with Crippen molar-refractivity contribution in [2.45, 2.75) is 0 Å². The first kappa shape index (κ1) is 16.5. The van der Waals surface area contributed by atoms with Crippen LogP contribution in [0.5, 0.6) is 5.75 Å². The Bertz CT molecular complexity index is 1880. The second-order valence-corrected chi connectivity index (χ2v) is 8.03. The van der Waals surface area contributed by atoms with Gasteiger partial charge in [0.15, 0.2) is 10.9 Å². The second-order valence-electron chi connectivity index (χ2n) is 8.03. The van der Waals surface area contributed by atoms with Crippen molar-refractivity contribution in [1.82, 2.24) is 4.98 Å². The molecule has 4 heteroatoms. The van der Waals surface area contributed by atoms with Crippen LogP contribution in [-0.4, -0.2) is 10.1 Å². The maximum atomic E-state index is 13.6. The van der Waals surface area contributed by atoms with E-state index in [0.717, 1.165) is 22.1 Å². The van der Waals surface area contributed by atoms with E-state index in [9.17, 15) is 14.7 Å². The van der Waals surface area contributed by atoms with E-state index < -0.39 is 0 Å². The van der Waals surface area contributed by atoms with Crippen LogP contribution in [0, 0.1) is 0 Å². The molecule has 4 aromatic carbocycles. The number of pyridine rings is 1. The topological polar surface area (TPSA) is 67.3 Å². The fourth-order valence-electron chi connectivity index (χ4n) is 5.20. The minimum Gasteiger partial charge on any atom is -0.507 e. The average molecular weight is 399 g/mol. The van der Waals surface area contributed by atoms with E-state index in [1.807, 2.05) is 30.3 Å². The molecule has 7 rings (SSSR count). The quantitative estimate of drug-likeness (QED) is 0.304. The molecule has 0 aliphatic heterocycles. The lowest BCUT2D eigenvalue weighted by molar-refractivity contribution is 0.488. The van der Waals surface area contributed by atoms with Gasteiger partial charge in [0.05, 0.1) is 0 Å². The Labute approximate surface area is 175 Å². The fourth-order valence-corrected chi connectivity index (χ4v) is 5.20. The number of benzene rings is 6. The second kappa shape index (κ2) is 5.43. The number of phenolic OH excluding ortho intramolecular Hbond substituents is 1. The minimum atomic E-state index is -0.133. The van der Waals surface area contributed by atoms with E-state index in [-0.39, 0.29) is 16.6 Å². The fraction of sp³-hybridized carbons (Fsp3) is 0. The van der Waals surface area contributed by atoms with Crippen LogP contribution in [0.15, 0.2) is 82.6 Å². The number of nitrogens with zero attached hydrogens (tertiary/aromatic N) is 1. The third-order valence-corrected chi connectivity index (χ3v) is 6.50. The third-order valence-electron chi connectivity index (χ3n) is 6.50. The number of aromatic hydroxyl groups is 1. The van der Waals surface area contributed by atoms with E-state index in [0.29, 0.717) is 43.3 Å². The van der Waals surface area contributed by atoms with Gasteiger partial charge >= 0.3 is 0 Å². The normalized spacial score (nSPS) is 12.3. The first-order chi connectivity index (χ1) is 15.1. The van der Waals surface area contributed by atoms with Crippen LogP contribution in [-0.2, 0) is 0 Å². The molecule has 0 saturated heterocycles. The summed E-state index contributed by atoms with van der Waals surface area (Å²) in [5, 5.41) is 16.1. The van der Waals surface area contributed by atoms with Gasteiger partial charge in [0, 0.05) is 72.2 Å². The van der Waals surface area contributed by atoms with Crippen molar-refractivity contribution in [3.8, 4) is 28.0 Å². The summed E-state index contributed by atoms with van der Waals surface area (Å²) in [5.41, 5.74) is 2.99. The molecule has 0 amide bonds. The molecule has 2 aliphatic carbocycles. The van der Waals surface area contributed by atoms with Crippen LogP contribution < -0.4 is 10.9 Å². The zero-order valence-corrected chi connectivity index (χ0v) is 16.1. The van der Waals surface area contributed by atoms with E-state index in [2.05, 4.69) is 4.98 Å². The summed E-state index contributed by atoms with van der Waals surface area (Å²) in [5.74, 6) is 0.0889. The maximum absolute atomic E-state index is 13.6. The summed E-state index contributed by atoms with van der Waals surface area (Å²) in [6.07, 6.45) is 3.44.